The molecule has 3 nitrogen and oxygen atoms in total. The van der Waals surface area contributed by atoms with Gasteiger partial charge in [-0.05, 0) is 43.5 Å². The van der Waals surface area contributed by atoms with Crippen molar-refractivity contribution < 1.29 is 18.3 Å². The topological polar surface area (TPSA) is 39.2 Å². The number of nitrogens with zero attached hydrogens (tertiary/aromatic N) is 1. The fourth-order valence-corrected chi connectivity index (χ4v) is 2.29. The summed E-state index contributed by atoms with van der Waals surface area (Å²) in [5.74, 6) is -0.0961. The number of ether oxygens (including phenoxy) is 1. The molecule has 1 aromatic carbocycles. The molecule has 1 aromatic heterocycles. The van der Waals surface area contributed by atoms with E-state index >= 15 is 0 Å². The second kappa shape index (κ2) is 9.75. The Labute approximate surface area is 140 Å². The summed E-state index contributed by atoms with van der Waals surface area (Å²) in [6.45, 7) is 0.535. The summed E-state index contributed by atoms with van der Waals surface area (Å²) in [6, 6.07) is 14.0. The summed E-state index contributed by atoms with van der Waals surface area (Å²) in [5.41, 5.74) is -0.0380. The first-order valence-corrected chi connectivity index (χ1v) is 8.09. The average molecular weight is 333 g/mol. The van der Waals surface area contributed by atoms with Crippen LogP contribution < -0.4 is 4.74 Å². The number of pyridine rings is 1. The minimum absolute atomic E-state index is 0.0189. The van der Waals surface area contributed by atoms with Crippen molar-refractivity contribution in [2.75, 3.05) is 6.61 Å². The Bertz CT molecular complexity index is 607. The van der Waals surface area contributed by atoms with E-state index in [4.69, 9.17) is 4.74 Å². The molecule has 0 saturated heterocycles. The third kappa shape index (κ3) is 5.72. The number of rotatable bonds is 10. The van der Waals surface area contributed by atoms with Gasteiger partial charge >= 0.3 is 0 Å². The smallest absolute Gasteiger partial charge is 0.218 e. The number of hydrogen-bond donors (Lipinski definition) is 0. The van der Waals surface area contributed by atoms with Gasteiger partial charge in [0.2, 0.25) is 5.78 Å². The van der Waals surface area contributed by atoms with Crippen molar-refractivity contribution in [2.45, 2.75) is 38.0 Å². The Hall–Kier alpha value is -2.30. The average Bonchev–Trinajstić information content (AvgIpc) is 2.64. The van der Waals surface area contributed by atoms with Crippen molar-refractivity contribution in [1.82, 2.24) is 4.98 Å². The molecule has 0 spiro atoms. The molecule has 0 aliphatic rings. The normalized spacial score (nSPS) is 13.2. The van der Waals surface area contributed by atoms with E-state index in [1.54, 1.807) is 12.1 Å². The van der Waals surface area contributed by atoms with Gasteiger partial charge < -0.3 is 4.74 Å². The second-order valence-corrected chi connectivity index (χ2v) is 5.51. The van der Waals surface area contributed by atoms with E-state index in [1.807, 2.05) is 30.3 Å². The summed E-state index contributed by atoms with van der Waals surface area (Å²) >= 11 is 0. The maximum absolute atomic E-state index is 13.9. The number of ketones is 1. The van der Waals surface area contributed by atoms with Gasteiger partial charge in [0.1, 0.15) is 17.6 Å². The molecule has 0 saturated carbocycles. The largest absolute Gasteiger partial charge is 0.494 e. The minimum Gasteiger partial charge on any atom is -0.494 e. The summed E-state index contributed by atoms with van der Waals surface area (Å²) in [4.78, 5) is 15.5. The zero-order chi connectivity index (χ0) is 17.2. The number of Topliss-reactive ketones (excluding diaryl/α,β-unsaturated/α-hetero) is 1. The lowest BCUT2D eigenvalue weighted by Gasteiger charge is -2.12. The van der Waals surface area contributed by atoms with Gasteiger partial charge in [-0.2, -0.15) is 0 Å². The summed E-state index contributed by atoms with van der Waals surface area (Å²) in [7, 11) is 0. The van der Waals surface area contributed by atoms with Crippen LogP contribution in [0.2, 0.25) is 0 Å². The number of hydrogen-bond acceptors (Lipinski definition) is 3. The number of halogens is 2. The highest BCUT2D eigenvalue weighted by atomic mass is 19.2. The number of carbonyl (C=O) groups is 1. The van der Waals surface area contributed by atoms with Crippen molar-refractivity contribution in [3.63, 3.8) is 0 Å². The number of benzene rings is 1. The molecule has 0 aliphatic carbocycles. The molecule has 1 heterocycles. The highest BCUT2D eigenvalue weighted by molar-refractivity contribution is 5.98. The summed E-state index contributed by atoms with van der Waals surface area (Å²) < 4.78 is 33.3. The van der Waals surface area contributed by atoms with Crippen LogP contribution in [0.25, 0.3) is 0 Å². The van der Waals surface area contributed by atoms with Crippen LogP contribution >= 0.6 is 0 Å². The van der Waals surface area contributed by atoms with E-state index < -0.39 is 18.1 Å². The number of aromatic nitrogens is 1. The first-order chi connectivity index (χ1) is 11.7. The molecule has 0 N–H and O–H groups in total. The standard InChI is InChI=1S/C19H21F2NO2/c20-16(18(21)19(23)17-12-6-7-13-22-17)11-5-2-8-14-24-15-9-3-1-4-10-15/h1,3-4,6-7,9-10,12-13,16,18H,2,5,8,11,14H2. The van der Waals surface area contributed by atoms with Crippen LogP contribution in [-0.2, 0) is 0 Å². The monoisotopic (exact) mass is 333 g/mol. The van der Waals surface area contributed by atoms with E-state index in [0.29, 0.717) is 13.0 Å². The molecule has 0 radical (unpaired) electrons. The van der Waals surface area contributed by atoms with Crippen LogP contribution in [0.5, 0.6) is 5.75 Å². The molecule has 2 rings (SSSR count). The maximum Gasteiger partial charge on any atom is 0.218 e. The maximum atomic E-state index is 13.9. The van der Waals surface area contributed by atoms with E-state index in [9.17, 15) is 13.6 Å². The molecule has 2 atom stereocenters. The quantitative estimate of drug-likeness (QED) is 0.472. The molecule has 128 valence electrons. The lowest BCUT2D eigenvalue weighted by molar-refractivity contribution is 0.0740. The van der Waals surface area contributed by atoms with Crippen molar-refractivity contribution in [3.8, 4) is 5.75 Å². The van der Waals surface area contributed by atoms with Crippen molar-refractivity contribution >= 4 is 5.78 Å². The second-order valence-electron chi connectivity index (χ2n) is 5.51. The minimum atomic E-state index is -2.15. The molecule has 0 amide bonds. The molecule has 2 aromatic rings. The number of alkyl halides is 2. The highest BCUT2D eigenvalue weighted by Gasteiger charge is 2.29. The molecular weight excluding hydrogens is 312 g/mol. The van der Waals surface area contributed by atoms with E-state index in [-0.39, 0.29) is 12.1 Å². The SMILES string of the molecule is O=C(c1ccccn1)C(F)C(F)CCCCCOc1ccccc1. The van der Waals surface area contributed by atoms with Gasteiger partial charge in [0.05, 0.1) is 6.61 Å². The third-order valence-corrected chi connectivity index (χ3v) is 3.62. The van der Waals surface area contributed by atoms with Crippen LogP contribution in [0.3, 0.4) is 0 Å². The highest BCUT2D eigenvalue weighted by Crippen LogP contribution is 2.17. The first kappa shape index (κ1) is 18.0. The molecule has 2 unspecified atom stereocenters. The predicted octanol–water partition coefficient (Wildman–Crippen LogP) is 4.58. The van der Waals surface area contributed by atoms with Crippen LogP contribution in [-0.4, -0.2) is 29.7 Å². The molecule has 0 fully saturated rings. The number of carbonyl (C=O) groups excluding carboxylic acids is 1. The number of para-hydroxylation sites is 1. The lowest BCUT2D eigenvalue weighted by atomic mass is 10.0. The first-order valence-electron chi connectivity index (χ1n) is 8.09. The molecular formula is C19H21F2NO2. The van der Waals surface area contributed by atoms with Gasteiger partial charge in [-0.25, -0.2) is 8.78 Å². The Balaban J connectivity index is 1.62. The Kier molecular flexibility index (Phi) is 7.33. The van der Waals surface area contributed by atoms with E-state index in [1.165, 1.54) is 12.3 Å². The molecule has 0 aliphatic heterocycles. The van der Waals surface area contributed by atoms with Gasteiger partial charge in [0, 0.05) is 6.20 Å². The Morgan fingerprint density at radius 2 is 1.75 bits per heavy atom. The zero-order valence-electron chi connectivity index (χ0n) is 13.4. The van der Waals surface area contributed by atoms with Gasteiger partial charge in [-0.15, -0.1) is 0 Å². The van der Waals surface area contributed by atoms with Gasteiger partial charge in [0.25, 0.3) is 0 Å². The predicted molar refractivity (Wildman–Crippen MR) is 88.8 cm³/mol. The van der Waals surface area contributed by atoms with Gasteiger partial charge in [-0.3, -0.25) is 9.78 Å². The summed E-state index contributed by atoms with van der Waals surface area (Å²) in [5, 5.41) is 0. The van der Waals surface area contributed by atoms with Crippen LogP contribution in [0, 0.1) is 0 Å². The summed E-state index contributed by atoms with van der Waals surface area (Å²) in [6.07, 6.45) is -0.555. The van der Waals surface area contributed by atoms with Gasteiger partial charge in [0.15, 0.2) is 6.17 Å². The Morgan fingerprint density at radius 1 is 1.00 bits per heavy atom. The molecule has 24 heavy (non-hydrogen) atoms. The fraction of sp³-hybridized carbons (Fsp3) is 0.368. The lowest BCUT2D eigenvalue weighted by Crippen LogP contribution is -2.27. The van der Waals surface area contributed by atoms with Crippen molar-refractivity contribution in [1.29, 1.82) is 0 Å². The van der Waals surface area contributed by atoms with E-state index in [2.05, 4.69) is 4.98 Å². The van der Waals surface area contributed by atoms with Crippen molar-refractivity contribution in [2.24, 2.45) is 0 Å². The van der Waals surface area contributed by atoms with Crippen LogP contribution in [0.4, 0.5) is 8.78 Å². The van der Waals surface area contributed by atoms with Crippen LogP contribution in [0.1, 0.15) is 36.2 Å². The third-order valence-electron chi connectivity index (χ3n) is 3.62. The molecule has 0 bridgehead atoms. The van der Waals surface area contributed by atoms with Gasteiger partial charge in [-0.1, -0.05) is 30.7 Å². The molecule has 5 heteroatoms. The number of unbranched alkanes of at least 4 members (excludes halogenated alkanes) is 2. The van der Waals surface area contributed by atoms with Crippen molar-refractivity contribution in [3.05, 3.63) is 60.4 Å². The fourth-order valence-electron chi connectivity index (χ4n) is 2.29. The van der Waals surface area contributed by atoms with E-state index in [0.717, 1.165) is 18.6 Å². The Morgan fingerprint density at radius 3 is 2.46 bits per heavy atom. The van der Waals surface area contributed by atoms with Crippen LogP contribution in [0.15, 0.2) is 54.7 Å². The zero-order valence-corrected chi connectivity index (χ0v) is 13.4.